The third kappa shape index (κ3) is 3.13. The van der Waals surface area contributed by atoms with Crippen molar-refractivity contribution in [2.75, 3.05) is 5.32 Å². The maximum absolute atomic E-state index is 5.42. The zero-order valence-electron chi connectivity index (χ0n) is 11.5. The number of aromatic nitrogens is 2. The molecule has 0 aliphatic heterocycles. The summed E-state index contributed by atoms with van der Waals surface area (Å²) in [6.45, 7) is 2.05. The van der Waals surface area contributed by atoms with Gasteiger partial charge in [-0.15, -0.1) is 18.8 Å². The van der Waals surface area contributed by atoms with Gasteiger partial charge in [0.15, 0.2) is 0 Å². The van der Waals surface area contributed by atoms with Crippen LogP contribution in [0.3, 0.4) is 0 Å². The van der Waals surface area contributed by atoms with Crippen molar-refractivity contribution in [1.29, 1.82) is 0 Å². The Bertz CT molecular complexity index is 822. The van der Waals surface area contributed by atoms with Crippen molar-refractivity contribution in [3.8, 4) is 12.3 Å². The lowest BCUT2D eigenvalue weighted by Gasteiger charge is -2.09. The lowest BCUT2D eigenvalue weighted by Crippen LogP contribution is -1.96. The number of terminal acetylenes is 1. The molecule has 3 aromatic rings. The number of aryl methyl sites for hydroxylation is 1. The summed E-state index contributed by atoms with van der Waals surface area (Å²) in [6, 6.07) is 13.8. The molecule has 0 aliphatic rings. The van der Waals surface area contributed by atoms with E-state index in [1.165, 1.54) is 5.56 Å². The quantitative estimate of drug-likeness (QED) is 0.724. The first-order chi connectivity index (χ1) is 9.76. The molecule has 0 unspecified atom stereocenters. The van der Waals surface area contributed by atoms with Crippen molar-refractivity contribution >= 4 is 34.8 Å². The molecular formula is C17H14ClN3. The number of hydrogen-bond donors (Lipinski definition) is 1. The van der Waals surface area contributed by atoms with Gasteiger partial charge in [0.25, 0.3) is 0 Å². The molecule has 0 spiro atoms. The lowest BCUT2D eigenvalue weighted by molar-refractivity contribution is 1.21. The van der Waals surface area contributed by atoms with Crippen LogP contribution in [0.4, 0.5) is 11.5 Å². The molecular weight excluding hydrogens is 282 g/mol. The number of fused-ring (bicyclic) bond motifs is 1. The standard InChI is InChI=1S/C17H13N3.ClH/c1-3-13-5-4-6-14(10-13)20-17-15-9-12(2)7-8-16(15)18-11-19-17;/h1,4-11H,2H3,(H,18,19,20);1H. The number of rotatable bonds is 2. The first kappa shape index (κ1) is 14.8. The number of nitrogens with zero attached hydrogens (tertiary/aromatic N) is 2. The van der Waals surface area contributed by atoms with Crippen LogP contribution in [-0.4, -0.2) is 9.97 Å². The number of nitrogens with one attached hydrogen (secondary N) is 1. The van der Waals surface area contributed by atoms with Crippen LogP contribution in [0.15, 0.2) is 48.8 Å². The molecule has 21 heavy (non-hydrogen) atoms. The predicted octanol–water partition coefficient (Wildman–Crippen LogP) is 4.08. The van der Waals surface area contributed by atoms with Crippen LogP contribution in [0.2, 0.25) is 0 Å². The van der Waals surface area contributed by atoms with Crippen LogP contribution in [0.1, 0.15) is 11.1 Å². The first-order valence-electron chi connectivity index (χ1n) is 6.31. The van der Waals surface area contributed by atoms with Gasteiger partial charge in [-0.05, 0) is 37.3 Å². The van der Waals surface area contributed by atoms with Crippen LogP contribution >= 0.6 is 12.4 Å². The Labute approximate surface area is 129 Å². The second kappa shape index (κ2) is 6.25. The molecule has 1 heterocycles. The minimum atomic E-state index is 0. The van der Waals surface area contributed by atoms with Gasteiger partial charge < -0.3 is 5.32 Å². The number of benzene rings is 2. The molecule has 0 atom stereocenters. The van der Waals surface area contributed by atoms with Crippen molar-refractivity contribution in [3.63, 3.8) is 0 Å². The maximum atomic E-state index is 5.42. The van der Waals surface area contributed by atoms with Crippen molar-refractivity contribution in [2.24, 2.45) is 0 Å². The minimum absolute atomic E-state index is 0. The maximum Gasteiger partial charge on any atom is 0.141 e. The first-order valence-corrected chi connectivity index (χ1v) is 6.31. The molecule has 0 aliphatic carbocycles. The Balaban J connectivity index is 0.00000161. The zero-order valence-corrected chi connectivity index (χ0v) is 12.3. The van der Waals surface area contributed by atoms with E-state index in [0.29, 0.717) is 0 Å². The molecule has 0 bridgehead atoms. The molecule has 3 rings (SSSR count). The Kier molecular flexibility index (Phi) is 4.42. The van der Waals surface area contributed by atoms with Gasteiger partial charge in [0.1, 0.15) is 12.1 Å². The van der Waals surface area contributed by atoms with Crippen LogP contribution in [0.5, 0.6) is 0 Å². The zero-order chi connectivity index (χ0) is 13.9. The highest BCUT2D eigenvalue weighted by molar-refractivity contribution is 5.91. The molecule has 0 radical (unpaired) electrons. The van der Waals surface area contributed by atoms with E-state index in [4.69, 9.17) is 6.42 Å². The molecule has 0 fully saturated rings. The predicted molar refractivity (Wildman–Crippen MR) is 89.2 cm³/mol. The molecule has 0 saturated carbocycles. The Morgan fingerprint density at radius 2 is 1.95 bits per heavy atom. The number of anilines is 2. The molecule has 0 saturated heterocycles. The third-order valence-electron chi connectivity index (χ3n) is 3.08. The fourth-order valence-corrected chi connectivity index (χ4v) is 2.09. The molecule has 1 N–H and O–H groups in total. The van der Waals surface area contributed by atoms with Crippen molar-refractivity contribution < 1.29 is 0 Å². The lowest BCUT2D eigenvalue weighted by atomic mass is 10.1. The molecule has 3 nitrogen and oxygen atoms in total. The fraction of sp³-hybridized carbons (Fsp3) is 0.0588. The summed E-state index contributed by atoms with van der Waals surface area (Å²) in [5.74, 6) is 3.41. The van der Waals surface area contributed by atoms with E-state index >= 15 is 0 Å². The summed E-state index contributed by atoms with van der Waals surface area (Å²) in [6.07, 6.45) is 6.98. The Morgan fingerprint density at radius 1 is 1.10 bits per heavy atom. The Hall–Kier alpha value is -2.57. The van der Waals surface area contributed by atoms with Gasteiger partial charge in [0.05, 0.1) is 5.52 Å². The normalized spacial score (nSPS) is 9.71. The van der Waals surface area contributed by atoms with Gasteiger partial charge >= 0.3 is 0 Å². The van der Waals surface area contributed by atoms with E-state index in [2.05, 4.69) is 34.2 Å². The molecule has 104 valence electrons. The van der Waals surface area contributed by atoms with Crippen molar-refractivity contribution in [3.05, 3.63) is 59.9 Å². The summed E-state index contributed by atoms with van der Waals surface area (Å²) in [7, 11) is 0. The largest absolute Gasteiger partial charge is 0.340 e. The fourth-order valence-electron chi connectivity index (χ4n) is 2.09. The van der Waals surface area contributed by atoms with Gasteiger partial charge in [-0.1, -0.05) is 23.6 Å². The van der Waals surface area contributed by atoms with E-state index in [1.807, 2.05) is 36.4 Å². The molecule has 1 aromatic heterocycles. The average Bonchev–Trinajstić information content (AvgIpc) is 2.48. The summed E-state index contributed by atoms with van der Waals surface area (Å²) < 4.78 is 0. The van der Waals surface area contributed by atoms with E-state index in [1.54, 1.807) is 6.33 Å². The average molecular weight is 296 g/mol. The summed E-state index contributed by atoms with van der Waals surface area (Å²) in [5.41, 5.74) is 3.85. The smallest absolute Gasteiger partial charge is 0.141 e. The summed E-state index contributed by atoms with van der Waals surface area (Å²) >= 11 is 0. The van der Waals surface area contributed by atoms with Gasteiger partial charge in [-0.2, -0.15) is 0 Å². The number of halogens is 1. The van der Waals surface area contributed by atoms with Crippen molar-refractivity contribution in [2.45, 2.75) is 6.92 Å². The van der Waals surface area contributed by atoms with E-state index in [-0.39, 0.29) is 12.4 Å². The SMILES string of the molecule is C#Cc1cccc(Nc2ncnc3ccc(C)cc23)c1.Cl. The topological polar surface area (TPSA) is 37.8 Å². The highest BCUT2D eigenvalue weighted by atomic mass is 35.5. The van der Waals surface area contributed by atoms with Gasteiger partial charge in [0, 0.05) is 16.6 Å². The van der Waals surface area contributed by atoms with Crippen LogP contribution in [-0.2, 0) is 0 Å². The summed E-state index contributed by atoms with van der Waals surface area (Å²) in [5, 5.41) is 4.30. The van der Waals surface area contributed by atoms with Gasteiger partial charge in [0.2, 0.25) is 0 Å². The summed E-state index contributed by atoms with van der Waals surface area (Å²) in [4.78, 5) is 8.60. The van der Waals surface area contributed by atoms with Crippen molar-refractivity contribution in [1.82, 2.24) is 9.97 Å². The third-order valence-corrected chi connectivity index (χ3v) is 3.08. The molecule has 2 aromatic carbocycles. The van der Waals surface area contributed by atoms with E-state index in [9.17, 15) is 0 Å². The highest BCUT2D eigenvalue weighted by Gasteiger charge is 2.04. The Morgan fingerprint density at radius 3 is 2.76 bits per heavy atom. The van der Waals surface area contributed by atoms with Crippen LogP contribution < -0.4 is 5.32 Å². The second-order valence-corrected chi connectivity index (χ2v) is 4.59. The van der Waals surface area contributed by atoms with Gasteiger partial charge in [-0.25, -0.2) is 9.97 Å². The van der Waals surface area contributed by atoms with E-state index in [0.717, 1.165) is 28.0 Å². The highest BCUT2D eigenvalue weighted by Crippen LogP contribution is 2.24. The van der Waals surface area contributed by atoms with Crippen LogP contribution in [0, 0.1) is 19.3 Å². The van der Waals surface area contributed by atoms with Gasteiger partial charge in [-0.3, -0.25) is 0 Å². The molecule has 0 amide bonds. The minimum Gasteiger partial charge on any atom is -0.340 e. The molecule has 4 heteroatoms. The van der Waals surface area contributed by atoms with E-state index < -0.39 is 0 Å². The van der Waals surface area contributed by atoms with Crippen LogP contribution in [0.25, 0.3) is 10.9 Å². The number of hydrogen-bond acceptors (Lipinski definition) is 3. The monoisotopic (exact) mass is 295 g/mol. The second-order valence-electron chi connectivity index (χ2n) is 4.59.